The molecule has 0 aliphatic heterocycles. The number of methoxy groups -OCH3 is 1. The number of rotatable bonds is 9. The zero-order valence-electron chi connectivity index (χ0n) is 16.9. The van der Waals surface area contributed by atoms with Crippen LogP contribution < -0.4 is 15.6 Å². The lowest BCUT2D eigenvalue weighted by molar-refractivity contribution is -0.384. The molecule has 11 heteroatoms. The molecule has 162 valence electrons. The zero-order valence-corrected chi connectivity index (χ0v) is 18.5. The van der Waals surface area contributed by atoms with Crippen molar-refractivity contribution in [3.63, 3.8) is 0 Å². The van der Waals surface area contributed by atoms with Gasteiger partial charge in [-0.15, -0.1) is 17.9 Å². The molecule has 2 aromatic heterocycles. The van der Waals surface area contributed by atoms with Gasteiger partial charge in [0.15, 0.2) is 5.16 Å². The maximum absolute atomic E-state index is 12.9. The van der Waals surface area contributed by atoms with Gasteiger partial charge in [0.2, 0.25) is 5.91 Å². The van der Waals surface area contributed by atoms with Gasteiger partial charge in [-0.2, -0.15) is 0 Å². The Balaban J connectivity index is 1.81. The van der Waals surface area contributed by atoms with E-state index in [0.29, 0.717) is 21.1 Å². The minimum Gasteiger partial charge on any atom is -0.494 e. The van der Waals surface area contributed by atoms with Crippen molar-refractivity contribution in [1.29, 1.82) is 0 Å². The summed E-state index contributed by atoms with van der Waals surface area (Å²) in [5, 5.41) is 14.6. The van der Waals surface area contributed by atoms with E-state index in [1.807, 2.05) is 13.0 Å². The molecule has 0 bridgehead atoms. The summed E-state index contributed by atoms with van der Waals surface area (Å²) in [6.07, 6.45) is 2.41. The Morgan fingerprint density at radius 1 is 1.45 bits per heavy atom. The van der Waals surface area contributed by atoms with Gasteiger partial charge < -0.3 is 10.1 Å². The summed E-state index contributed by atoms with van der Waals surface area (Å²) >= 11 is 2.59. The van der Waals surface area contributed by atoms with E-state index in [0.717, 1.165) is 23.1 Å². The molecular weight excluding hydrogens is 440 g/mol. The highest BCUT2D eigenvalue weighted by Crippen LogP contribution is 2.30. The standard InChI is InChI=1S/C20H20N4O5S2/c1-4-8-23-19(26)14-10-13(5-2)31-18(14)22-20(23)30-11-17(25)21-15-7-6-12(24(27)28)9-16(15)29-3/h4,6-7,9-10H,1,5,8,11H2,2-3H3,(H,21,25). The number of thioether (sulfide) groups is 1. The minimum atomic E-state index is -0.542. The quantitative estimate of drug-likeness (QED) is 0.169. The molecule has 1 N–H and O–H groups in total. The fraction of sp³-hybridized carbons (Fsp3) is 0.250. The number of benzene rings is 1. The van der Waals surface area contributed by atoms with E-state index in [9.17, 15) is 19.7 Å². The zero-order chi connectivity index (χ0) is 22.5. The molecular formula is C20H20N4O5S2. The number of aryl methyl sites for hydroxylation is 1. The minimum absolute atomic E-state index is 0.0127. The highest BCUT2D eigenvalue weighted by molar-refractivity contribution is 7.99. The molecule has 3 aromatic rings. The topological polar surface area (TPSA) is 116 Å². The van der Waals surface area contributed by atoms with E-state index in [-0.39, 0.29) is 35.2 Å². The van der Waals surface area contributed by atoms with Crippen LogP contribution in [0.3, 0.4) is 0 Å². The Labute approximate surface area is 185 Å². The van der Waals surface area contributed by atoms with Crippen LogP contribution in [-0.4, -0.2) is 33.2 Å². The Morgan fingerprint density at radius 2 is 2.23 bits per heavy atom. The summed E-state index contributed by atoms with van der Waals surface area (Å²) in [6, 6.07) is 5.79. The normalized spacial score (nSPS) is 10.8. The highest BCUT2D eigenvalue weighted by atomic mass is 32.2. The molecule has 0 aliphatic rings. The Hall–Kier alpha value is -3.18. The average molecular weight is 461 g/mol. The molecule has 0 spiro atoms. The van der Waals surface area contributed by atoms with E-state index in [4.69, 9.17) is 4.74 Å². The molecule has 1 aromatic carbocycles. The third kappa shape index (κ3) is 4.94. The van der Waals surface area contributed by atoms with Crippen LogP contribution in [0.4, 0.5) is 11.4 Å². The Kier molecular flexibility index (Phi) is 7.08. The van der Waals surface area contributed by atoms with E-state index in [2.05, 4.69) is 16.9 Å². The molecule has 0 aliphatic carbocycles. The number of hydrogen-bond acceptors (Lipinski definition) is 8. The second-order valence-electron chi connectivity index (χ2n) is 6.36. The largest absolute Gasteiger partial charge is 0.494 e. The van der Waals surface area contributed by atoms with Crippen LogP contribution in [0.15, 0.2) is 46.9 Å². The lowest BCUT2D eigenvalue weighted by Gasteiger charge is -2.11. The second kappa shape index (κ2) is 9.75. The van der Waals surface area contributed by atoms with Crippen molar-refractivity contribution in [3.8, 4) is 5.75 Å². The van der Waals surface area contributed by atoms with Crippen molar-refractivity contribution in [2.75, 3.05) is 18.2 Å². The number of nitrogens with one attached hydrogen (secondary N) is 1. The lowest BCUT2D eigenvalue weighted by atomic mass is 10.2. The first-order valence-electron chi connectivity index (χ1n) is 9.27. The van der Waals surface area contributed by atoms with E-state index < -0.39 is 4.92 Å². The van der Waals surface area contributed by atoms with Gasteiger partial charge in [0, 0.05) is 17.5 Å². The molecule has 2 heterocycles. The van der Waals surface area contributed by atoms with Gasteiger partial charge in [-0.3, -0.25) is 24.3 Å². The van der Waals surface area contributed by atoms with Crippen molar-refractivity contribution in [3.05, 3.63) is 62.3 Å². The molecule has 0 saturated carbocycles. The molecule has 1 amide bonds. The fourth-order valence-electron chi connectivity index (χ4n) is 2.83. The van der Waals surface area contributed by atoms with Crippen molar-refractivity contribution in [2.45, 2.75) is 25.0 Å². The monoisotopic (exact) mass is 460 g/mol. The van der Waals surface area contributed by atoms with Crippen LogP contribution in [0.25, 0.3) is 10.2 Å². The van der Waals surface area contributed by atoms with Gasteiger partial charge in [0.25, 0.3) is 11.2 Å². The fourth-order valence-corrected chi connectivity index (χ4v) is 4.65. The summed E-state index contributed by atoms with van der Waals surface area (Å²) < 4.78 is 6.63. The predicted octanol–water partition coefficient (Wildman–Crippen LogP) is 3.85. The number of amides is 1. The molecule has 3 rings (SSSR count). The van der Waals surface area contributed by atoms with Crippen molar-refractivity contribution in [1.82, 2.24) is 9.55 Å². The van der Waals surface area contributed by atoms with Crippen molar-refractivity contribution in [2.24, 2.45) is 0 Å². The highest BCUT2D eigenvalue weighted by Gasteiger charge is 2.17. The molecule has 0 atom stereocenters. The molecule has 9 nitrogen and oxygen atoms in total. The molecule has 0 fully saturated rings. The molecule has 0 unspecified atom stereocenters. The summed E-state index contributed by atoms with van der Waals surface area (Å²) in [5.74, 6) is -0.195. The van der Waals surface area contributed by atoms with Gasteiger partial charge in [-0.1, -0.05) is 24.8 Å². The van der Waals surface area contributed by atoms with E-state index in [1.54, 1.807) is 6.08 Å². The number of aromatic nitrogens is 2. The first kappa shape index (κ1) is 22.5. The molecule has 0 radical (unpaired) electrons. The number of thiophene rings is 1. The Morgan fingerprint density at radius 3 is 2.87 bits per heavy atom. The summed E-state index contributed by atoms with van der Waals surface area (Å²) in [6.45, 7) is 5.98. The number of carbonyl (C=O) groups excluding carboxylic acids is 1. The summed E-state index contributed by atoms with van der Waals surface area (Å²) in [4.78, 5) is 42.0. The van der Waals surface area contributed by atoms with Gasteiger partial charge in [-0.05, 0) is 18.6 Å². The number of non-ortho nitro benzene ring substituents is 1. The average Bonchev–Trinajstić information content (AvgIpc) is 3.18. The number of fused-ring (bicyclic) bond motifs is 1. The lowest BCUT2D eigenvalue weighted by Crippen LogP contribution is -2.23. The van der Waals surface area contributed by atoms with E-state index in [1.165, 1.54) is 41.2 Å². The smallest absolute Gasteiger partial charge is 0.273 e. The SMILES string of the molecule is C=CCn1c(SCC(=O)Nc2ccc([N+](=O)[O-])cc2OC)nc2sc(CC)cc2c1=O. The van der Waals surface area contributed by atoms with Crippen LogP contribution in [0.2, 0.25) is 0 Å². The van der Waals surface area contributed by atoms with Crippen LogP contribution >= 0.6 is 23.1 Å². The van der Waals surface area contributed by atoms with Gasteiger partial charge in [0.05, 0.1) is 34.9 Å². The first-order chi connectivity index (χ1) is 14.9. The van der Waals surface area contributed by atoms with Crippen LogP contribution in [0, 0.1) is 10.1 Å². The maximum atomic E-state index is 12.9. The first-order valence-corrected chi connectivity index (χ1v) is 11.1. The van der Waals surface area contributed by atoms with Gasteiger partial charge >= 0.3 is 0 Å². The predicted molar refractivity (Wildman–Crippen MR) is 122 cm³/mol. The van der Waals surface area contributed by atoms with E-state index >= 15 is 0 Å². The number of allylic oxidation sites excluding steroid dienone is 1. The second-order valence-corrected chi connectivity index (χ2v) is 8.42. The number of nitrogens with zero attached hydrogens (tertiary/aromatic N) is 3. The van der Waals surface area contributed by atoms with Crippen LogP contribution in [0.5, 0.6) is 5.75 Å². The third-order valence-electron chi connectivity index (χ3n) is 4.33. The number of nitro benzene ring substituents is 1. The summed E-state index contributed by atoms with van der Waals surface area (Å²) in [7, 11) is 1.36. The maximum Gasteiger partial charge on any atom is 0.273 e. The number of anilines is 1. The number of hydrogen-bond donors (Lipinski definition) is 1. The van der Waals surface area contributed by atoms with Gasteiger partial charge in [0.1, 0.15) is 10.6 Å². The molecule has 31 heavy (non-hydrogen) atoms. The van der Waals surface area contributed by atoms with Crippen LogP contribution in [0.1, 0.15) is 11.8 Å². The third-order valence-corrected chi connectivity index (χ3v) is 6.48. The summed E-state index contributed by atoms with van der Waals surface area (Å²) in [5.41, 5.74) is 0.00907. The van der Waals surface area contributed by atoms with Crippen molar-refractivity contribution >= 4 is 50.6 Å². The van der Waals surface area contributed by atoms with Gasteiger partial charge in [-0.25, -0.2) is 4.98 Å². The molecule has 0 saturated heterocycles. The van der Waals surface area contributed by atoms with Crippen LogP contribution in [-0.2, 0) is 17.8 Å². The van der Waals surface area contributed by atoms with Crippen molar-refractivity contribution < 1.29 is 14.5 Å². The Bertz CT molecular complexity index is 1220. The number of ether oxygens (including phenoxy) is 1. The number of carbonyl (C=O) groups is 1. The number of nitro groups is 1.